The lowest BCUT2D eigenvalue weighted by atomic mass is 10.3. The van der Waals surface area contributed by atoms with Gasteiger partial charge in [-0.1, -0.05) is 6.92 Å². The SMILES string of the molecule is CCc1cc(Nc2cc(S(C)(=O)=O)[nH]n2)nc(Cl)n1. The number of nitrogens with zero attached hydrogens (tertiary/aromatic N) is 3. The molecule has 9 heteroatoms. The largest absolute Gasteiger partial charge is 0.323 e. The van der Waals surface area contributed by atoms with Crippen LogP contribution in [-0.2, 0) is 16.3 Å². The first-order chi connectivity index (χ1) is 8.88. The molecule has 102 valence electrons. The molecule has 0 aliphatic rings. The highest BCUT2D eigenvalue weighted by Gasteiger charge is 2.12. The number of aromatic nitrogens is 4. The van der Waals surface area contributed by atoms with Gasteiger partial charge >= 0.3 is 0 Å². The van der Waals surface area contributed by atoms with Crippen molar-refractivity contribution >= 4 is 33.1 Å². The molecule has 2 aromatic rings. The summed E-state index contributed by atoms with van der Waals surface area (Å²) in [7, 11) is -3.31. The third kappa shape index (κ3) is 3.42. The number of anilines is 2. The van der Waals surface area contributed by atoms with Crippen LogP contribution in [0.2, 0.25) is 5.28 Å². The fourth-order valence-electron chi connectivity index (χ4n) is 1.40. The van der Waals surface area contributed by atoms with Crippen LogP contribution in [0.1, 0.15) is 12.6 Å². The Morgan fingerprint density at radius 1 is 1.32 bits per heavy atom. The Hall–Kier alpha value is -1.67. The normalized spacial score (nSPS) is 11.5. The van der Waals surface area contributed by atoms with Gasteiger partial charge in [-0.05, 0) is 18.0 Å². The molecule has 0 unspecified atom stereocenters. The molecular weight excluding hydrogens is 290 g/mol. The molecule has 0 amide bonds. The smallest absolute Gasteiger partial charge is 0.224 e. The van der Waals surface area contributed by atoms with Crippen LogP contribution in [0.25, 0.3) is 0 Å². The van der Waals surface area contributed by atoms with Crippen LogP contribution < -0.4 is 5.32 Å². The molecule has 7 nitrogen and oxygen atoms in total. The van der Waals surface area contributed by atoms with E-state index in [9.17, 15) is 8.42 Å². The Bertz CT molecular complexity index is 698. The Balaban J connectivity index is 2.26. The van der Waals surface area contributed by atoms with Crippen LogP contribution in [-0.4, -0.2) is 34.8 Å². The predicted octanol–water partition coefficient (Wildman–Crippen LogP) is 1.56. The number of halogens is 1. The van der Waals surface area contributed by atoms with E-state index < -0.39 is 9.84 Å². The van der Waals surface area contributed by atoms with Crippen LogP contribution in [0.4, 0.5) is 11.6 Å². The zero-order valence-electron chi connectivity index (χ0n) is 10.3. The highest BCUT2D eigenvalue weighted by molar-refractivity contribution is 7.90. The lowest BCUT2D eigenvalue weighted by Gasteiger charge is -2.03. The van der Waals surface area contributed by atoms with Crippen LogP contribution in [0, 0.1) is 0 Å². The van der Waals surface area contributed by atoms with Gasteiger partial charge < -0.3 is 5.32 Å². The molecular formula is C10H12ClN5O2S. The summed E-state index contributed by atoms with van der Waals surface area (Å²) in [4.78, 5) is 8.02. The summed E-state index contributed by atoms with van der Waals surface area (Å²) in [6.45, 7) is 1.94. The standard InChI is InChI=1S/C10H12ClN5O2S/c1-3-6-4-7(14-10(11)12-6)13-8-5-9(16-15-8)19(2,17)18/h4-5H,3H2,1-2H3,(H2,12,13,14,15,16). The maximum Gasteiger partial charge on any atom is 0.224 e. The van der Waals surface area contributed by atoms with Gasteiger partial charge in [0.15, 0.2) is 20.7 Å². The van der Waals surface area contributed by atoms with Gasteiger partial charge in [0, 0.05) is 24.1 Å². The first kappa shape index (κ1) is 13.8. The first-order valence-electron chi connectivity index (χ1n) is 5.44. The molecule has 0 saturated heterocycles. The van der Waals surface area contributed by atoms with Crippen molar-refractivity contribution in [1.29, 1.82) is 0 Å². The van der Waals surface area contributed by atoms with Crippen molar-refractivity contribution in [1.82, 2.24) is 20.2 Å². The van der Waals surface area contributed by atoms with Crippen molar-refractivity contribution in [2.75, 3.05) is 11.6 Å². The van der Waals surface area contributed by atoms with Gasteiger partial charge in [-0.3, -0.25) is 5.10 Å². The topological polar surface area (TPSA) is 101 Å². The summed E-state index contributed by atoms with van der Waals surface area (Å²) in [5, 5.41) is 9.31. The number of H-pyrrole nitrogens is 1. The van der Waals surface area contributed by atoms with Crippen LogP contribution >= 0.6 is 11.6 Å². The Morgan fingerprint density at radius 2 is 2.05 bits per heavy atom. The van der Waals surface area contributed by atoms with Gasteiger partial charge in [0.1, 0.15) is 5.82 Å². The van der Waals surface area contributed by atoms with Crippen LogP contribution in [0.15, 0.2) is 17.2 Å². The maximum absolute atomic E-state index is 11.3. The fourth-order valence-corrected chi connectivity index (χ4v) is 2.14. The Labute approximate surface area is 115 Å². The average molecular weight is 302 g/mol. The van der Waals surface area contributed by atoms with Crippen molar-refractivity contribution in [3.05, 3.63) is 23.1 Å². The first-order valence-corrected chi connectivity index (χ1v) is 7.71. The molecule has 2 rings (SSSR count). The van der Waals surface area contributed by atoms with E-state index in [2.05, 4.69) is 25.5 Å². The molecule has 2 N–H and O–H groups in total. The minimum Gasteiger partial charge on any atom is -0.323 e. The Kier molecular flexibility index (Phi) is 3.72. The monoisotopic (exact) mass is 301 g/mol. The van der Waals surface area contributed by atoms with E-state index in [1.54, 1.807) is 6.07 Å². The molecule has 2 heterocycles. The molecule has 19 heavy (non-hydrogen) atoms. The highest BCUT2D eigenvalue weighted by Crippen LogP contribution is 2.17. The van der Waals surface area contributed by atoms with Gasteiger partial charge in [0.2, 0.25) is 5.28 Å². The van der Waals surface area contributed by atoms with E-state index in [1.165, 1.54) is 6.07 Å². The number of nitrogens with one attached hydrogen (secondary N) is 2. The number of hydrogen-bond acceptors (Lipinski definition) is 6. The van der Waals surface area contributed by atoms with Crippen molar-refractivity contribution in [3.63, 3.8) is 0 Å². The fraction of sp³-hybridized carbons (Fsp3) is 0.300. The van der Waals surface area contributed by atoms with Gasteiger partial charge in [0.25, 0.3) is 0 Å². The minimum atomic E-state index is -3.31. The highest BCUT2D eigenvalue weighted by atomic mass is 35.5. The molecule has 0 fully saturated rings. The second-order valence-electron chi connectivity index (χ2n) is 3.88. The van der Waals surface area contributed by atoms with E-state index in [1.807, 2.05) is 6.92 Å². The molecule has 0 aromatic carbocycles. The van der Waals surface area contributed by atoms with E-state index in [4.69, 9.17) is 11.6 Å². The zero-order chi connectivity index (χ0) is 14.0. The van der Waals surface area contributed by atoms with Crippen molar-refractivity contribution in [2.45, 2.75) is 18.4 Å². The lowest BCUT2D eigenvalue weighted by molar-refractivity contribution is 0.598. The van der Waals surface area contributed by atoms with Crippen molar-refractivity contribution in [2.24, 2.45) is 0 Å². The zero-order valence-corrected chi connectivity index (χ0v) is 11.9. The minimum absolute atomic E-state index is 0.0332. The molecule has 0 aliphatic carbocycles. The van der Waals surface area contributed by atoms with E-state index in [0.29, 0.717) is 18.1 Å². The average Bonchev–Trinajstić information content (AvgIpc) is 2.76. The molecule has 0 aliphatic heterocycles. The number of rotatable bonds is 4. The number of aromatic amines is 1. The number of sulfone groups is 1. The van der Waals surface area contributed by atoms with Gasteiger partial charge in [-0.2, -0.15) is 5.10 Å². The summed E-state index contributed by atoms with van der Waals surface area (Å²) in [6.07, 6.45) is 1.81. The quantitative estimate of drug-likeness (QED) is 0.831. The third-order valence-electron chi connectivity index (χ3n) is 2.32. The molecule has 0 atom stereocenters. The number of aryl methyl sites for hydroxylation is 1. The third-order valence-corrected chi connectivity index (χ3v) is 3.50. The van der Waals surface area contributed by atoms with Gasteiger partial charge in [-0.15, -0.1) is 0 Å². The van der Waals surface area contributed by atoms with Crippen LogP contribution in [0.5, 0.6) is 0 Å². The van der Waals surface area contributed by atoms with Crippen LogP contribution in [0.3, 0.4) is 0 Å². The molecule has 0 saturated carbocycles. The summed E-state index contributed by atoms with van der Waals surface area (Å²) in [5.41, 5.74) is 0.779. The predicted molar refractivity (Wildman–Crippen MR) is 71.4 cm³/mol. The number of hydrogen-bond donors (Lipinski definition) is 2. The molecule has 0 spiro atoms. The van der Waals surface area contributed by atoms with E-state index in [-0.39, 0.29) is 10.3 Å². The van der Waals surface area contributed by atoms with E-state index >= 15 is 0 Å². The lowest BCUT2D eigenvalue weighted by Crippen LogP contribution is -1.98. The van der Waals surface area contributed by atoms with Gasteiger partial charge in [-0.25, -0.2) is 18.4 Å². The summed E-state index contributed by atoms with van der Waals surface area (Å²) in [5.74, 6) is 0.806. The van der Waals surface area contributed by atoms with Crippen molar-refractivity contribution < 1.29 is 8.42 Å². The second kappa shape index (κ2) is 5.14. The summed E-state index contributed by atoms with van der Waals surface area (Å²) < 4.78 is 22.6. The van der Waals surface area contributed by atoms with E-state index in [0.717, 1.165) is 11.9 Å². The maximum atomic E-state index is 11.3. The molecule has 0 bridgehead atoms. The molecule has 0 radical (unpaired) electrons. The van der Waals surface area contributed by atoms with Crippen molar-refractivity contribution in [3.8, 4) is 0 Å². The summed E-state index contributed by atoms with van der Waals surface area (Å²) >= 11 is 5.79. The summed E-state index contributed by atoms with van der Waals surface area (Å²) in [6, 6.07) is 3.11. The van der Waals surface area contributed by atoms with Gasteiger partial charge in [0.05, 0.1) is 0 Å². The molecule has 2 aromatic heterocycles. The Morgan fingerprint density at radius 3 is 2.63 bits per heavy atom. The second-order valence-corrected chi connectivity index (χ2v) is 6.20.